The molecule has 2 heterocycles. The maximum atomic E-state index is 6.20. The predicted molar refractivity (Wildman–Crippen MR) is 129 cm³/mol. The van der Waals surface area contributed by atoms with E-state index in [0.29, 0.717) is 12.2 Å². The lowest BCUT2D eigenvalue weighted by atomic mass is 9.96. The number of halogens is 2. The number of guanidine groups is 1. The molecule has 0 bridgehead atoms. The number of hydrogen-bond donors (Lipinski definition) is 1. The van der Waals surface area contributed by atoms with Crippen molar-refractivity contribution >= 4 is 41.5 Å². The van der Waals surface area contributed by atoms with Crippen molar-refractivity contribution in [2.45, 2.75) is 56.1 Å². The molecular formula is C22H33ClIN3O2. The van der Waals surface area contributed by atoms with Crippen molar-refractivity contribution in [2.75, 3.05) is 39.9 Å². The van der Waals surface area contributed by atoms with E-state index in [-0.39, 0.29) is 29.4 Å². The fourth-order valence-corrected chi connectivity index (χ4v) is 4.56. The topological polar surface area (TPSA) is 46.1 Å². The molecule has 0 aromatic heterocycles. The van der Waals surface area contributed by atoms with Gasteiger partial charge in [-0.1, -0.05) is 23.7 Å². The Morgan fingerprint density at radius 3 is 2.72 bits per heavy atom. The third kappa shape index (κ3) is 5.99. The van der Waals surface area contributed by atoms with Crippen molar-refractivity contribution in [1.82, 2.24) is 10.2 Å². The molecule has 1 unspecified atom stereocenters. The Morgan fingerprint density at radius 2 is 2.10 bits per heavy atom. The molecule has 1 saturated carbocycles. The van der Waals surface area contributed by atoms with Gasteiger partial charge in [-0.3, -0.25) is 4.99 Å². The molecule has 7 heteroatoms. The summed E-state index contributed by atoms with van der Waals surface area (Å²) in [5, 5.41) is 4.44. The minimum absolute atomic E-state index is 0. The van der Waals surface area contributed by atoms with Crippen molar-refractivity contribution in [3.8, 4) is 0 Å². The molecule has 3 aliphatic rings. The van der Waals surface area contributed by atoms with Gasteiger partial charge in [-0.25, -0.2) is 0 Å². The van der Waals surface area contributed by atoms with Crippen molar-refractivity contribution in [3.05, 3.63) is 34.9 Å². The number of piperidine rings is 1. The standard InChI is InChI=1S/C22H32ClN3O2.HI/c1-24-21(25-16-22(9-10-22)17-4-2-5-18(23)14-17)26-11-7-19(8-12-26)28-15-20-6-3-13-27-20;/h2,4-5,14,19-20H,3,6-13,15-16H2,1H3,(H,24,25);1H. The number of likely N-dealkylation sites (tertiary alicyclic amines) is 1. The first-order valence-electron chi connectivity index (χ1n) is 10.6. The van der Waals surface area contributed by atoms with E-state index in [0.717, 1.165) is 63.1 Å². The van der Waals surface area contributed by atoms with Gasteiger partial charge in [0.1, 0.15) is 0 Å². The minimum atomic E-state index is 0. The number of hydrogen-bond acceptors (Lipinski definition) is 3. The number of aliphatic imine (C=N–C) groups is 1. The SMILES string of the molecule is CN=C(NCC1(c2cccc(Cl)c2)CC1)N1CCC(OCC2CCCO2)CC1.I. The zero-order valence-corrected chi connectivity index (χ0v) is 20.3. The van der Waals surface area contributed by atoms with Crippen LogP contribution in [0, 0.1) is 0 Å². The molecule has 1 aliphatic carbocycles. The van der Waals surface area contributed by atoms with Gasteiger partial charge < -0.3 is 19.7 Å². The van der Waals surface area contributed by atoms with Crippen molar-refractivity contribution < 1.29 is 9.47 Å². The molecule has 1 N–H and O–H groups in total. The number of benzene rings is 1. The third-order valence-electron chi connectivity index (χ3n) is 6.37. The van der Waals surface area contributed by atoms with Crippen LogP contribution >= 0.6 is 35.6 Å². The number of rotatable bonds is 6. The largest absolute Gasteiger partial charge is 0.376 e. The summed E-state index contributed by atoms with van der Waals surface area (Å²) in [4.78, 5) is 6.89. The molecule has 1 aromatic rings. The first-order valence-corrected chi connectivity index (χ1v) is 11.0. The number of nitrogens with zero attached hydrogens (tertiary/aromatic N) is 2. The van der Waals surface area contributed by atoms with Gasteiger partial charge in [0.25, 0.3) is 0 Å². The van der Waals surface area contributed by atoms with Crippen LogP contribution in [0.15, 0.2) is 29.3 Å². The van der Waals surface area contributed by atoms with Gasteiger partial charge in [-0.15, -0.1) is 24.0 Å². The highest BCUT2D eigenvalue weighted by Crippen LogP contribution is 2.48. The van der Waals surface area contributed by atoms with E-state index >= 15 is 0 Å². The lowest BCUT2D eigenvalue weighted by Gasteiger charge is -2.35. The summed E-state index contributed by atoms with van der Waals surface area (Å²) in [6.45, 7) is 4.53. The van der Waals surface area contributed by atoms with Crippen LogP contribution in [0.3, 0.4) is 0 Å². The van der Waals surface area contributed by atoms with Crippen molar-refractivity contribution in [2.24, 2.45) is 4.99 Å². The number of nitrogens with one attached hydrogen (secondary N) is 1. The highest BCUT2D eigenvalue weighted by atomic mass is 127. The molecule has 0 amide bonds. The maximum Gasteiger partial charge on any atom is 0.193 e. The first kappa shape index (κ1) is 23.1. The summed E-state index contributed by atoms with van der Waals surface area (Å²) in [6, 6.07) is 8.29. The second-order valence-electron chi connectivity index (χ2n) is 8.35. The fourth-order valence-electron chi connectivity index (χ4n) is 4.37. The molecule has 1 atom stereocenters. The summed E-state index contributed by atoms with van der Waals surface area (Å²) in [6.07, 6.45) is 7.48. The lowest BCUT2D eigenvalue weighted by molar-refractivity contribution is -0.0367. The van der Waals surface area contributed by atoms with E-state index in [4.69, 9.17) is 21.1 Å². The smallest absolute Gasteiger partial charge is 0.193 e. The molecule has 4 rings (SSSR count). The van der Waals surface area contributed by atoms with Gasteiger partial charge in [-0.2, -0.15) is 0 Å². The van der Waals surface area contributed by atoms with Gasteiger partial charge in [-0.05, 0) is 56.2 Å². The molecule has 1 aromatic carbocycles. The molecule has 0 radical (unpaired) electrons. The zero-order chi connectivity index (χ0) is 19.4. The summed E-state index contributed by atoms with van der Waals surface area (Å²) in [5.74, 6) is 1.01. The van der Waals surface area contributed by atoms with Crippen molar-refractivity contribution in [3.63, 3.8) is 0 Å². The second kappa shape index (κ2) is 10.6. The molecule has 162 valence electrons. The highest BCUT2D eigenvalue weighted by Gasteiger charge is 2.44. The molecule has 0 spiro atoms. The van der Waals surface area contributed by atoms with E-state index in [1.165, 1.54) is 24.8 Å². The van der Waals surface area contributed by atoms with Crippen LogP contribution < -0.4 is 5.32 Å². The summed E-state index contributed by atoms with van der Waals surface area (Å²) >= 11 is 6.20. The van der Waals surface area contributed by atoms with E-state index in [1.54, 1.807) is 0 Å². The molecule has 3 fully saturated rings. The monoisotopic (exact) mass is 533 g/mol. The molecular weight excluding hydrogens is 501 g/mol. The highest BCUT2D eigenvalue weighted by molar-refractivity contribution is 14.0. The Bertz CT molecular complexity index is 684. The third-order valence-corrected chi connectivity index (χ3v) is 6.61. The van der Waals surface area contributed by atoms with E-state index in [1.807, 2.05) is 19.2 Å². The minimum Gasteiger partial charge on any atom is -0.376 e. The second-order valence-corrected chi connectivity index (χ2v) is 8.78. The Kier molecular flexibility index (Phi) is 8.48. The maximum absolute atomic E-state index is 6.20. The van der Waals surface area contributed by atoms with Crippen LogP contribution in [-0.4, -0.2) is 63.0 Å². The summed E-state index contributed by atoms with van der Waals surface area (Å²) in [7, 11) is 1.88. The first-order chi connectivity index (χ1) is 13.7. The fraction of sp³-hybridized carbons (Fsp3) is 0.682. The average molecular weight is 534 g/mol. The van der Waals surface area contributed by atoms with Crippen LogP contribution in [0.2, 0.25) is 5.02 Å². The molecule has 2 aliphatic heterocycles. The van der Waals surface area contributed by atoms with E-state index < -0.39 is 0 Å². The van der Waals surface area contributed by atoms with Gasteiger partial charge in [0.2, 0.25) is 0 Å². The summed E-state index contributed by atoms with van der Waals surface area (Å²) in [5.41, 5.74) is 1.55. The Hall–Kier alpha value is -0.570. The van der Waals surface area contributed by atoms with Gasteiger partial charge in [0, 0.05) is 43.7 Å². The quantitative estimate of drug-likeness (QED) is 0.338. The molecule has 5 nitrogen and oxygen atoms in total. The Balaban J connectivity index is 0.00000240. The molecule has 2 saturated heterocycles. The normalized spacial score (nSPS) is 24.3. The van der Waals surface area contributed by atoms with Gasteiger partial charge in [0.05, 0.1) is 18.8 Å². The van der Waals surface area contributed by atoms with E-state index in [2.05, 4.69) is 27.3 Å². The Morgan fingerprint density at radius 1 is 1.31 bits per heavy atom. The van der Waals surface area contributed by atoms with Crippen LogP contribution in [0.4, 0.5) is 0 Å². The summed E-state index contributed by atoms with van der Waals surface area (Å²) < 4.78 is 11.8. The lowest BCUT2D eigenvalue weighted by Crippen LogP contribution is -2.48. The van der Waals surface area contributed by atoms with Crippen LogP contribution in [0.25, 0.3) is 0 Å². The predicted octanol–water partition coefficient (Wildman–Crippen LogP) is 4.23. The Labute approximate surface area is 196 Å². The van der Waals surface area contributed by atoms with Crippen LogP contribution in [-0.2, 0) is 14.9 Å². The average Bonchev–Trinajstić information content (AvgIpc) is 3.33. The van der Waals surface area contributed by atoms with Gasteiger partial charge >= 0.3 is 0 Å². The van der Waals surface area contributed by atoms with Crippen molar-refractivity contribution in [1.29, 1.82) is 0 Å². The van der Waals surface area contributed by atoms with Gasteiger partial charge in [0.15, 0.2) is 5.96 Å². The van der Waals surface area contributed by atoms with E-state index in [9.17, 15) is 0 Å². The number of ether oxygens (including phenoxy) is 2. The molecule has 29 heavy (non-hydrogen) atoms. The zero-order valence-electron chi connectivity index (χ0n) is 17.2. The van der Waals surface area contributed by atoms with Crippen LogP contribution in [0.1, 0.15) is 44.1 Å². The van der Waals surface area contributed by atoms with Crippen LogP contribution in [0.5, 0.6) is 0 Å².